The molecule has 4 aromatic carbocycles. The highest BCUT2D eigenvalue weighted by Crippen LogP contribution is 2.49. The number of nitrogens with one attached hydrogen (secondary N) is 1. The monoisotopic (exact) mass is 718 g/mol. The van der Waals surface area contributed by atoms with Crippen molar-refractivity contribution in [2.45, 2.75) is 97.3 Å². The predicted octanol–water partition coefficient (Wildman–Crippen LogP) is 12.6. The van der Waals surface area contributed by atoms with Crippen molar-refractivity contribution in [1.82, 2.24) is 4.57 Å². The van der Waals surface area contributed by atoms with Crippen molar-refractivity contribution in [1.29, 1.82) is 0 Å². The maximum Gasteiger partial charge on any atom is 0.254 e. The molecular formula is C45H51ClN2O4. The van der Waals surface area contributed by atoms with Crippen molar-refractivity contribution in [2.75, 3.05) is 11.9 Å². The smallest absolute Gasteiger partial charge is 0.254 e. The van der Waals surface area contributed by atoms with Gasteiger partial charge in [0.2, 0.25) is 0 Å². The first-order valence-corrected chi connectivity index (χ1v) is 19.6. The summed E-state index contributed by atoms with van der Waals surface area (Å²) in [5, 5.41) is 4.59. The number of carbonyl (C=O) groups is 1. The zero-order chi connectivity index (χ0) is 36.5. The van der Waals surface area contributed by atoms with E-state index < -0.39 is 0 Å². The van der Waals surface area contributed by atoms with Crippen LogP contribution in [0.5, 0.6) is 17.2 Å². The van der Waals surface area contributed by atoms with Crippen LogP contribution in [0.15, 0.2) is 83.7 Å². The normalized spacial score (nSPS) is 11.9. The maximum absolute atomic E-state index is 14.6. The van der Waals surface area contributed by atoms with Gasteiger partial charge in [-0.2, -0.15) is 0 Å². The highest BCUT2D eigenvalue weighted by molar-refractivity contribution is 6.39. The van der Waals surface area contributed by atoms with Gasteiger partial charge in [-0.1, -0.05) is 139 Å². The van der Waals surface area contributed by atoms with Crippen LogP contribution in [-0.2, 0) is 13.5 Å². The molecule has 1 N–H and O–H groups in total. The van der Waals surface area contributed by atoms with Gasteiger partial charge in [0.15, 0.2) is 11.5 Å². The van der Waals surface area contributed by atoms with Crippen molar-refractivity contribution < 1.29 is 14.3 Å². The summed E-state index contributed by atoms with van der Waals surface area (Å²) in [5.74, 6) is 1.58. The van der Waals surface area contributed by atoms with E-state index in [1.165, 1.54) is 64.2 Å². The molecule has 5 aromatic rings. The van der Waals surface area contributed by atoms with E-state index in [-0.39, 0.29) is 11.3 Å². The first kappa shape index (κ1) is 37.2. The van der Waals surface area contributed by atoms with Gasteiger partial charge in [-0.15, -0.1) is 0 Å². The minimum Gasteiger partial charge on any atom is -0.491 e. The van der Waals surface area contributed by atoms with E-state index in [4.69, 9.17) is 21.1 Å². The molecule has 1 heterocycles. The molecule has 1 aliphatic rings. The van der Waals surface area contributed by atoms with Crippen LogP contribution in [-0.4, -0.2) is 17.0 Å². The average Bonchev–Trinajstić information content (AvgIpc) is 3.15. The van der Waals surface area contributed by atoms with E-state index in [1.807, 2.05) is 79.7 Å². The number of ketones is 1. The largest absolute Gasteiger partial charge is 0.491 e. The van der Waals surface area contributed by atoms with Crippen molar-refractivity contribution in [3.05, 3.63) is 111 Å². The van der Waals surface area contributed by atoms with Gasteiger partial charge in [-0.05, 0) is 48.7 Å². The Morgan fingerprint density at radius 3 is 2.02 bits per heavy atom. The summed E-state index contributed by atoms with van der Waals surface area (Å²) in [5.41, 5.74) is 4.58. The quantitative estimate of drug-likeness (QED) is 0.0844. The standard InChI is InChI=1S/C45H51ClN2O4/c1-4-6-7-8-9-10-11-12-13-14-15-21-29-51-37-28-20-19-27-35(37)47-36-30-38(52-31-23-17-16-18-24-31)43-42-39(32(5-2)45(50)48(43)3)33-25-22-26-34(46)40(33)44(49)41(36)42/h16-20,22-28,30,47H,4-15,21,29H2,1-3H3. The first-order chi connectivity index (χ1) is 25.4. The van der Waals surface area contributed by atoms with E-state index in [0.29, 0.717) is 74.1 Å². The number of benzene rings is 4. The Hall–Kier alpha value is -4.55. The number of anilines is 2. The van der Waals surface area contributed by atoms with Gasteiger partial charge in [0, 0.05) is 35.2 Å². The molecule has 0 unspecified atom stereocenters. The van der Waals surface area contributed by atoms with E-state index in [0.717, 1.165) is 24.1 Å². The second-order valence-corrected chi connectivity index (χ2v) is 14.3. The maximum atomic E-state index is 14.6. The summed E-state index contributed by atoms with van der Waals surface area (Å²) >= 11 is 6.76. The lowest BCUT2D eigenvalue weighted by atomic mass is 9.80. The molecule has 1 aromatic heterocycles. The van der Waals surface area contributed by atoms with Crippen molar-refractivity contribution in [3.63, 3.8) is 0 Å². The molecule has 1 aliphatic carbocycles. The highest BCUT2D eigenvalue weighted by Gasteiger charge is 2.35. The number of hydrogen-bond donors (Lipinski definition) is 1. The Bertz CT molecular complexity index is 2070. The molecule has 6 rings (SSSR count). The number of fused-ring (bicyclic) bond motifs is 2. The molecule has 0 saturated heterocycles. The van der Waals surface area contributed by atoms with Crippen LogP contribution in [0.4, 0.5) is 11.4 Å². The van der Waals surface area contributed by atoms with E-state index in [9.17, 15) is 9.59 Å². The molecule has 0 bridgehead atoms. The molecule has 0 fully saturated rings. The number of pyridine rings is 1. The van der Waals surface area contributed by atoms with Gasteiger partial charge in [-0.25, -0.2) is 0 Å². The van der Waals surface area contributed by atoms with Crippen LogP contribution < -0.4 is 20.3 Å². The molecule has 7 heteroatoms. The predicted molar refractivity (Wildman–Crippen MR) is 215 cm³/mol. The second-order valence-electron chi connectivity index (χ2n) is 13.9. The molecule has 0 spiro atoms. The Labute approximate surface area is 313 Å². The lowest BCUT2D eigenvalue weighted by Gasteiger charge is -2.28. The second kappa shape index (κ2) is 17.8. The van der Waals surface area contributed by atoms with Crippen molar-refractivity contribution in [3.8, 4) is 28.4 Å². The Morgan fingerprint density at radius 1 is 0.673 bits per heavy atom. The molecule has 0 saturated carbocycles. The fourth-order valence-electron chi connectivity index (χ4n) is 7.49. The average molecular weight is 719 g/mol. The first-order valence-electron chi connectivity index (χ1n) is 19.2. The summed E-state index contributed by atoms with van der Waals surface area (Å²) in [6, 6.07) is 24.6. The fourth-order valence-corrected chi connectivity index (χ4v) is 7.75. The summed E-state index contributed by atoms with van der Waals surface area (Å²) in [6.07, 6.45) is 15.9. The van der Waals surface area contributed by atoms with E-state index in [1.54, 1.807) is 17.7 Å². The topological polar surface area (TPSA) is 69.6 Å². The third-order valence-electron chi connectivity index (χ3n) is 10.2. The lowest BCUT2D eigenvalue weighted by Crippen LogP contribution is -2.26. The Morgan fingerprint density at radius 2 is 1.33 bits per heavy atom. The fraction of sp³-hybridized carbons (Fsp3) is 0.378. The zero-order valence-electron chi connectivity index (χ0n) is 30.9. The number of rotatable bonds is 19. The van der Waals surface area contributed by atoms with Crippen LogP contribution in [0.25, 0.3) is 22.0 Å². The van der Waals surface area contributed by atoms with Gasteiger partial charge in [0.25, 0.3) is 5.56 Å². The van der Waals surface area contributed by atoms with Crippen LogP contribution in [0.2, 0.25) is 5.02 Å². The molecule has 0 amide bonds. The summed E-state index contributed by atoms with van der Waals surface area (Å²) in [6.45, 7) is 4.84. The van der Waals surface area contributed by atoms with E-state index in [2.05, 4.69) is 12.2 Å². The number of carbonyl (C=O) groups excluding carboxylic acids is 1. The number of para-hydroxylation sites is 3. The van der Waals surface area contributed by atoms with Crippen LogP contribution in [0.1, 0.15) is 112 Å². The van der Waals surface area contributed by atoms with Gasteiger partial charge in [-0.3, -0.25) is 9.59 Å². The van der Waals surface area contributed by atoms with Crippen molar-refractivity contribution >= 4 is 39.7 Å². The Kier molecular flexibility index (Phi) is 12.7. The van der Waals surface area contributed by atoms with Crippen LogP contribution in [0, 0.1) is 0 Å². The lowest BCUT2D eigenvalue weighted by molar-refractivity contribution is 0.104. The minimum atomic E-state index is -0.206. The molecule has 6 nitrogen and oxygen atoms in total. The summed E-state index contributed by atoms with van der Waals surface area (Å²) in [7, 11) is 1.74. The summed E-state index contributed by atoms with van der Waals surface area (Å²) in [4.78, 5) is 28.6. The third kappa shape index (κ3) is 8.08. The van der Waals surface area contributed by atoms with Crippen LogP contribution >= 0.6 is 11.6 Å². The SMILES string of the molecule is CCCCCCCCCCCCCCOc1ccccc1Nc1cc(Oc2ccccc2)c2c3c1C(=O)c1c(Cl)cccc1-c3c(CC)c(=O)n2C. The number of halogens is 1. The van der Waals surface area contributed by atoms with Gasteiger partial charge in [0.05, 0.1) is 34.1 Å². The number of hydrogen-bond acceptors (Lipinski definition) is 5. The number of aromatic nitrogens is 1. The molecule has 272 valence electrons. The van der Waals surface area contributed by atoms with Gasteiger partial charge in [0.1, 0.15) is 11.5 Å². The molecule has 0 aliphatic heterocycles. The molecular weight excluding hydrogens is 668 g/mol. The zero-order valence-corrected chi connectivity index (χ0v) is 31.6. The highest BCUT2D eigenvalue weighted by atomic mass is 35.5. The van der Waals surface area contributed by atoms with Gasteiger partial charge < -0.3 is 19.4 Å². The number of unbranched alkanes of at least 4 members (excludes halogenated alkanes) is 11. The van der Waals surface area contributed by atoms with Gasteiger partial charge >= 0.3 is 0 Å². The minimum absolute atomic E-state index is 0.133. The van der Waals surface area contributed by atoms with Crippen molar-refractivity contribution in [2.24, 2.45) is 7.05 Å². The Balaban J connectivity index is 1.28. The number of aryl methyl sites for hydroxylation is 1. The van der Waals surface area contributed by atoms with E-state index >= 15 is 0 Å². The molecule has 52 heavy (non-hydrogen) atoms. The third-order valence-corrected chi connectivity index (χ3v) is 10.5. The van der Waals surface area contributed by atoms with Crippen LogP contribution in [0.3, 0.4) is 0 Å². The number of nitrogens with zero attached hydrogens (tertiary/aromatic N) is 1. The number of ether oxygens (including phenoxy) is 2. The molecule has 0 radical (unpaired) electrons. The molecule has 0 atom stereocenters. The summed E-state index contributed by atoms with van der Waals surface area (Å²) < 4.78 is 14.5.